The van der Waals surface area contributed by atoms with E-state index in [-0.39, 0.29) is 0 Å². The van der Waals surface area contributed by atoms with E-state index in [0.29, 0.717) is 12.8 Å². The fraction of sp³-hybridized carbons (Fsp3) is 0.778. The number of alkyl halides is 1. The van der Waals surface area contributed by atoms with Gasteiger partial charge in [0.15, 0.2) is 5.67 Å². The Morgan fingerprint density at radius 2 is 2.09 bits per heavy atom. The summed E-state index contributed by atoms with van der Waals surface area (Å²) in [6, 6.07) is 0. The molecule has 11 heavy (non-hydrogen) atoms. The number of hydrogen-bond acceptors (Lipinski definition) is 1. The van der Waals surface area contributed by atoms with Crippen LogP contribution in [0.2, 0.25) is 0 Å². The summed E-state index contributed by atoms with van der Waals surface area (Å²) in [4.78, 5) is 2.22. The topological polar surface area (TPSA) is 3.24 Å². The summed E-state index contributed by atoms with van der Waals surface area (Å²) >= 11 is 0. The summed E-state index contributed by atoms with van der Waals surface area (Å²) in [6.07, 6.45) is 6.08. The van der Waals surface area contributed by atoms with Gasteiger partial charge in [-0.15, -0.1) is 6.42 Å². The molecule has 0 N–H and O–H groups in total. The van der Waals surface area contributed by atoms with Crippen molar-refractivity contribution in [2.75, 3.05) is 19.6 Å². The van der Waals surface area contributed by atoms with Crippen LogP contribution in [0.1, 0.15) is 19.8 Å². The molecule has 2 heteroatoms. The minimum atomic E-state index is -1.31. The molecule has 1 heterocycles. The van der Waals surface area contributed by atoms with E-state index in [1.165, 1.54) is 0 Å². The smallest absolute Gasteiger partial charge is 0.173 e. The van der Waals surface area contributed by atoms with Gasteiger partial charge in [-0.25, -0.2) is 4.39 Å². The third-order valence-electron chi connectivity index (χ3n) is 2.35. The van der Waals surface area contributed by atoms with Gasteiger partial charge in [-0.3, -0.25) is 0 Å². The largest absolute Gasteiger partial charge is 0.303 e. The van der Waals surface area contributed by atoms with Crippen LogP contribution in [0.4, 0.5) is 4.39 Å². The van der Waals surface area contributed by atoms with Crippen LogP contribution >= 0.6 is 0 Å². The molecule has 1 saturated heterocycles. The van der Waals surface area contributed by atoms with E-state index < -0.39 is 5.67 Å². The van der Waals surface area contributed by atoms with E-state index in [1.807, 2.05) is 0 Å². The minimum absolute atomic E-state index is 0.497. The van der Waals surface area contributed by atoms with Crippen LogP contribution in [0, 0.1) is 12.3 Å². The predicted octanol–water partition coefficient (Wildman–Crippen LogP) is 1.44. The number of nitrogens with zero attached hydrogens (tertiary/aromatic N) is 1. The van der Waals surface area contributed by atoms with Crippen molar-refractivity contribution >= 4 is 0 Å². The highest BCUT2D eigenvalue weighted by atomic mass is 19.1. The Morgan fingerprint density at radius 3 is 2.45 bits per heavy atom. The SMILES string of the molecule is C#CC1(F)CCN(CC)CC1. The molecule has 1 aliphatic heterocycles. The Labute approximate surface area is 67.6 Å². The molecule has 0 spiro atoms. The number of rotatable bonds is 1. The number of hydrogen-bond donors (Lipinski definition) is 0. The quantitative estimate of drug-likeness (QED) is 0.518. The van der Waals surface area contributed by atoms with Crippen LogP contribution in [0.5, 0.6) is 0 Å². The van der Waals surface area contributed by atoms with Gasteiger partial charge in [0.05, 0.1) is 0 Å². The highest BCUT2D eigenvalue weighted by Crippen LogP contribution is 2.24. The van der Waals surface area contributed by atoms with Crippen LogP contribution in [0.25, 0.3) is 0 Å². The van der Waals surface area contributed by atoms with Crippen molar-refractivity contribution < 1.29 is 4.39 Å². The van der Waals surface area contributed by atoms with Crippen molar-refractivity contribution in [2.45, 2.75) is 25.4 Å². The average molecular weight is 155 g/mol. The Kier molecular flexibility index (Phi) is 2.51. The van der Waals surface area contributed by atoms with Crippen LogP contribution in [-0.4, -0.2) is 30.2 Å². The molecule has 62 valence electrons. The second-order valence-electron chi connectivity index (χ2n) is 3.04. The van der Waals surface area contributed by atoms with Gasteiger partial charge in [-0.05, 0) is 6.54 Å². The highest BCUT2D eigenvalue weighted by molar-refractivity contribution is 5.09. The Hall–Kier alpha value is -0.550. The van der Waals surface area contributed by atoms with E-state index in [0.717, 1.165) is 19.6 Å². The molecule has 0 atom stereocenters. The second kappa shape index (κ2) is 3.23. The first-order chi connectivity index (χ1) is 5.20. The maximum atomic E-state index is 13.3. The number of piperidine rings is 1. The first-order valence-electron chi connectivity index (χ1n) is 4.09. The Bertz CT molecular complexity index is 163. The summed E-state index contributed by atoms with van der Waals surface area (Å²) < 4.78 is 13.3. The molecule has 0 radical (unpaired) electrons. The molecule has 0 unspecified atom stereocenters. The second-order valence-corrected chi connectivity index (χ2v) is 3.04. The maximum absolute atomic E-state index is 13.3. The minimum Gasteiger partial charge on any atom is -0.303 e. The summed E-state index contributed by atoms with van der Waals surface area (Å²) in [5.41, 5.74) is -1.31. The summed E-state index contributed by atoms with van der Waals surface area (Å²) in [7, 11) is 0. The monoisotopic (exact) mass is 155 g/mol. The molecule has 1 nitrogen and oxygen atoms in total. The van der Waals surface area contributed by atoms with Crippen molar-refractivity contribution in [1.82, 2.24) is 4.90 Å². The number of likely N-dealkylation sites (tertiary alicyclic amines) is 1. The lowest BCUT2D eigenvalue weighted by atomic mass is 9.94. The predicted molar refractivity (Wildman–Crippen MR) is 44.0 cm³/mol. The van der Waals surface area contributed by atoms with E-state index in [1.54, 1.807) is 0 Å². The molecule has 1 aliphatic rings. The van der Waals surface area contributed by atoms with Crippen LogP contribution in [0.3, 0.4) is 0 Å². The number of terminal acetylenes is 1. The van der Waals surface area contributed by atoms with Gasteiger partial charge in [0.1, 0.15) is 0 Å². The molecule has 0 aromatic heterocycles. The fourth-order valence-electron chi connectivity index (χ4n) is 1.37. The van der Waals surface area contributed by atoms with Gasteiger partial charge in [-0.2, -0.15) is 0 Å². The van der Waals surface area contributed by atoms with Gasteiger partial charge in [0, 0.05) is 25.9 Å². The Balaban J connectivity index is 2.43. The molecule has 1 rings (SSSR count). The molecule has 0 saturated carbocycles. The van der Waals surface area contributed by atoms with Crippen LogP contribution in [0.15, 0.2) is 0 Å². The molecule has 0 aromatic rings. The van der Waals surface area contributed by atoms with Gasteiger partial charge in [0.2, 0.25) is 0 Å². The lowest BCUT2D eigenvalue weighted by Crippen LogP contribution is -2.40. The van der Waals surface area contributed by atoms with E-state index in [9.17, 15) is 4.39 Å². The maximum Gasteiger partial charge on any atom is 0.173 e. The Morgan fingerprint density at radius 1 is 1.55 bits per heavy atom. The summed E-state index contributed by atoms with van der Waals surface area (Å²) in [5, 5.41) is 0. The molecular weight excluding hydrogens is 141 g/mol. The lowest BCUT2D eigenvalue weighted by Gasteiger charge is -2.32. The van der Waals surface area contributed by atoms with Crippen LogP contribution < -0.4 is 0 Å². The highest BCUT2D eigenvalue weighted by Gasteiger charge is 2.31. The van der Waals surface area contributed by atoms with Crippen molar-refractivity contribution in [1.29, 1.82) is 0 Å². The molecule has 0 amide bonds. The molecule has 0 bridgehead atoms. The zero-order chi connectivity index (χ0) is 8.32. The molecular formula is C9H14FN. The van der Waals surface area contributed by atoms with Gasteiger partial charge >= 0.3 is 0 Å². The first kappa shape index (κ1) is 8.55. The van der Waals surface area contributed by atoms with Crippen molar-refractivity contribution in [2.24, 2.45) is 0 Å². The number of halogens is 1. The molecule has 0 aliphatic carbocycles. The van der Waals surface area contributed by atoms with Crippen LogP contribution in [-0.2, 0) is 0 Å². The normalized spacial score (nSPS) is 24.5. The van der Waals surface area contributed by atoms with Gasteiger partial charge < -0.3 is 4.90 Å². The standard InChI is InChI=1S/C9H14FN/c1-3-9(10)5-7-11(4-2)8-6-9/h1H,4-8H2,2H3. The van der Waals surface area contributed by atoms with Crippen molar-refractivity contribution in [3.8, 4) is 12.3 Å². The van der Waals surface area contributed by atoms with Crippen molar-refractivity contribution in [3.63, 3.8) is 0 Å². The third-order valence-corrected chi connectivity index (χ3v) is 2.35. The van der Waals surface area contributed by atoms with E-state index in [2.05, 4.69) is 17.7 Å². The zero-order valence-electron chi connectivity index (χ0n) is 6.94. The van der Waals surface area contributed by atoms with E-state index >= 15 is 0 Å². The van der Waals surface area contributed by atoms with Crippen molar-refractivity contribution in [3.05, 3.63) is 0 Å². The first-order valence-corrected chi connectivity index (χ1v) is 4.09. The summed E-state index contributed by atoms with van der Waals surface area (Å²) in [5.74, 6) is 2.23. The average Bonchev–Trinajstić information content (AvgIpc) is 2.06. The third kappa shape index (κ3) is 1.94. The van der Waals surface area contributed by atoms with E-state index in [4.69, 9.17) is 6.42 Å². The molecule has 1 fully saturated rings. The fourth-order valence-corrected chi connectivity index (χ4v) is 1.37. The van der Waals surface area contributed by atoms with Gasteiger partial charge in [-0.1, -0.05) is 12.8 Å². The molecule has 0 aromatic carbocycles. The summed E-state index contributed by atoms with van der Waals surface area (Å²) in [6.45, 7) is 4.69. The lowest BCUT2D eigenvalue weighted by molar-refractivity contribution is 0.108. The van der Waals surface area contributed by atoms with Gasteiger partial charge in [0.25, 0.3) is 0 Å². The zero-order valence-corrected chi connectivity index (χ0v) is 6.94.